The van der Waals surface area contributed by atoms with Gasteiger partial charge in [0.05, 0.1) is 12.8 Å². The van der Waals surface area contributed by atoms with Crippen molar-refractivity contribution in [2.75, 3.05) is 0 Å². The largest absolute Gasteiger partial charge is 0.423 e. The molecule has 1 atom stereocenters. The fourth-order valence-electron chi connectivity index (χ4n) is 2.77. The Bertz CT molecular complexity index is 607. The van der Waals surface area contributed by atoms with E-state index in [-0.39, 0.29) is 11.5 Å². The summed E-state index contributed by atoms with van der Waals surface area (Å²) in [6.07, 6.45) is 1.25. The number of halogens is 1. The van der Waals surface area contributed by atoms with Crippen LogP contribution in [-0.2, 0) is 20.7 Å². The molecule has 0 aliphatic carbocycles. The number of hydrogen-bond acceptors (Lipinski definition) is 7. The van der Waals surface area contributed by atoms with Gasteiger partial charge in [0.2, 0.25) is 0 Å². The number of carbonyl (C=O) groups excluding carboxylic acids is 1. The Labute approximate surface area is 148 Å². The van der Waals surface area contributed by atoms with Crippen molar-refractivity contribution in [3.05, 3.63) is 35.9 Å². The van der Waals surface area contributed by atoms with Crippen LogP contribution in [0.25, 0.3) is 0 Å². The third kappa shape index (κ3) is 9.37. The van der Waals surface area contributed by atoms with Gasteiger partial charge in [-0.1, -0.05) is 30.3 Å². The maximum absolute atomic E-state index is 11.3. The topological polar surface area (TPSA) is 142 Å². The Hall–Kier alpha value is -1.71. The maximum Gasteiger partial charge on any atom is 0.342 e. The lowest BCUT2D eigenvalue weighted by Crippen LogP contribution is -2.90. The van der Waals surface area contributed by atoms with Gasteiger partial charge >= 0.3 is 11.9 Å². The van der Waals surface area contributed by atoms with Gasteiger partial charge in [-0.2, -0.15) is 0 Å². The van der Waals surface area contributed by atoms with E-state index in [0.717, 1.165) is 11.5 Å². The first-order valence-corrected chi connectivity index (χ1v) is 8.70. The van der Waals surface area contributed by atoms with Crippen LogP contribution in [0, 0.1) is 10.2 Å². The van der Waals surface area contributed by atoms with Gasteiger partial charge in [-0.3, -0.25) is 4.79 Å². The van der Waals surface area contributed by atoms with Gasteiger partial charge in [-0.15, -0.1) is 10.2 Å². The van der Waals surface area contributed by atoms with Gasteiger partial charge in [-0.25, -0.2) is 23.6 Å². The smallest absolute Gasteiger partial charge is 0.342 e. The molecule has 1 N–H and O–H groups in total. The van der Waals surface area contributed by atoms with Crippen molar-refractivity contribution in [3.63, 3.8) is 0 Å². The number of carbonyl (C=O) groups is 1. The van der Waals surface area contributed by atoms with Gasteiger partial charge in [0, 0.05) is 27.7 Å². The predicted octanol–water partition coefficient (Wildman–Crippen LogP) is -3.57. The molecule has 0 saturated carbocycles. The van der Waals surface area contributed by atoms with Crippen molar-refractivity contribution in [1.29, 1.82) is 0 Å². The molecule has 8 nitrogen and oxygen atoms in total. The molecular weight excluding hydrogens is 354 g/mol. The monoisotopic (exact) mass is 375 g/mol. The summed E-state index contributed by atoms with van der Waals surface area (Å²) in [6, 6.07) is 10.1. The van der Waals surface area contributed by atoms with E-state index in [0.29, 0.717) is 12.8 Å². The first kappa shape index (κ1) is 21.3. The van der Waals surface area contributed by atoms with E-state index >= 15 is 0 Å². The summed E-state index contributed by atoms with van der Waals surface area (Å²) in [5.74, 6) is -0.509. The van der Waals surface area contributed by atoms with Crippen LogP contribution in [0.2, 0.25) is 0 Å². The summed E-state index contributed by atoms with van der Waals surface area (Å²) in [7, 11) is -4.94. The maximum atomic E-state index is 11.3. The fraction of sp³-hybridized carbons (Fsp3) is 0.500. The number of benzene rings is 1. The van der Waals surface area contributed by atoms with Crippen molar-refractivity contribution in [2.24, 2.45) is 0 Å². The highest BCUT2D eigenvalue weighted by atomic mass is 35.7. The second kappa shape index (κ2) is 8.11. The van der Waals surface area contributed by atoms with E-state index in [2.05, 4.69) is 18.8 Å². The summed E-state index contributed by atoms with van der Waals surface area (Å²) >= 11 is 0. The minimum absolute atomic E-state index is 0.188. The van der Waals surface area contributed by atoms with Crippen molar-refractivity contribution >= 4 is 11.9 Å². The van der Waals surface area contributed by atoms with Crippen LogP contribution in [0.4, 0.5) is 0 Å². The molecule has 25 heavy (non-hydrogen) atoms. The Kier molecular flexibility index (Phi) is 6.92. The van der Waals surface area contributed by atoms with E-state index in [4.69, 9.17) is 28.1 Å². The molecule has 1 aromatic carbocycles. The lowest BCUT2D eigenvalue weighted by molar-refractivity contribution is -2.00. The molecule has 0 fully saturated rings. The van der Waals surface area contributed by atoms with E-state index in [1.165, 1.54) is 6.92 Å². The summed E-state index contributed by atoms with van der Waals surface area (Å²) in [5, 5.41) is 0. The number of ether oxygens (including phenoxy) is 2. The van der Waals surface area contributed by atoms with Gasteiger partial charge in [0.1, 0.15) is 0 Å². The third-order valence-electron chi connectivity index (χ3n) is 3.15. The van der Waals surface area contributed by atoms with E-state index in [1.807, 2.05) is 37.3 Å². The second-order valence-corrected chi connectivity index (χ2v) is 7.23. The van der Waals surface area contributed by atoms with E-state index in [9.17, 15) is 4.79 Å². The minimum Gasteiger partial charge on any atom is -0.423 e. The quantitative estimate of drug-likeness (QED) is 0.538. The Morgan fingerprint density at radius 3 is 2.20 bits per heavy atom. The molecule has 140 valence electrons. The summed E-state index contributed by atoms with van der Waals surface area (Å²) in [4.78, 5) is 14.6. The fourth-order valence-corrected chi connectivity index (χ4v) is 2.77. The van der Waals surface area contributed by atoms with Crippen LogP contribution < -0.4 is 23.6 Å². The van der Waals surface area contributed by atoms with Crippen molar-refractivity contribution in [3.8, 4) is 0 Å². The van der Waals surface area contributed by atoms with Gasteiger partial charge in [-0.05, 0) is 5.56 Å². The normalized spacial score (nSPS) is 22.0. The minimum atomic E-state index is -4.94. The van der Waals surface area contributed by atoms with Gasteiger partial charge in [0.25, 0.3) is 5.79 Å². The zero-order valence-corrected chi connectivity index (χ0v) is 15.3. The summed E-state index contributed by atoms with van der Waals surface area (Å²) < 4.78 is 45.2. The third-order valence-corrected chi connectivity index (χ3v) is 3.15. The highest BCUT2D eigenvalue weighted by Crippen LogP contribution is 2.26. The Morgan fingerprint density at radius 2 is 1.72 bits per heavy atom. The zero-order chi connectivity index (χ0) is 19.3. The average Bonchev–Trinajstić information content (AvgIpc) is 2.33. The summed E-state index contributed by atoms with van der Waals surface area (Å²) in [6.45, 7) is 7.35. The van der Waals surface area contributed by atoms with E-state index in [1.54, 1.807) is 0 Å². The molecule has 0 saturated heterocycles. The molecule has 1 aliphatic heterocycles. The van der Waals surface area contributed by atoms with Gasteiger partial charge in [0.15, 0.2) is 5.54 Å². The van der Waals surface area contributed by atoms with Crippen molar-refractivity contribution in [2.45, 2.75) is 51.9 Å². The molecule has 1 aliphatic rings. The molecule has 0 spiro atoms. The number of esters is 1. The molecule has 0 bridgehead atoms. The van der Waals surface area contributed by atoms with Crippen LogP contribution >= 0.6 is 0 Å². The van der Waals surface area contributed by atoms with Crippen molar-refractivity contribution < 1.29 is 48.1 Å². The average molecular weight is 376 g/mol. The zero-order valence-electron chi connectivity index (χ0n) is 14.5. The molecule has 1 aromatic rings. The first-order chi connectivity index (χ1) is 11.3. The molecule has 0 amide bonds. The van der Waals surface area contributed by atoms with Crippen molar-refractivity contribution in [1.82, 2.24) is 0 Å². The standard InChI is InChI=1S/C16H21NO3.ClHO4/c1-12(18)19-16(4)11-15(2,3)17-14(20-16)10-13-8-6-5-7-9-13;2-1(3,4)5/h5-9H,10-11H2,1-4H3;(H,2,3,4,5). The lowest BCUT2D eigenvalue weighted by Gasteiger charge is -2.35. The van der Waals surface area contributed by atoms with E-state index < -0.39 is 16.0 Å². The number of hydrogen-bond donors (Lipinski definition) is 1. The van der Waals surface area contributed by atoms with Crippen LogP contribution in [0.5, 0.6) is 0 Å². The van der Waals surface area contributed by atoms with Crippen LogP contribution in [-0.4, -0.2) is 23.2 Å². The van der Waals surface area contributed by atoms with Crippen LogP contribution in [0.15, 0.2) is 30.3 Å². The highest BCUT2D eigenvalue weighted by Gasteiger charge is 2.46. The predicted molar refractivity (Wildman–Crippen MR) is 76.1 cm³/mol. The summed E-state index contributed by atoms with van der Waals surface area (Å²) in [5.41, 5.74) is 0.963. The van der Waals surface area contributed by atoms with Crippen LogP contribution in [0.1, 0.15) is 39.7 Å². The molecular formula is C16H22ClNO7. The lowest BCUT2D eigenvalue weighted by atomic mass is 9.94. The van der Waals surface area contributed by atoms with Gasteiger partial charge < -0.3 is 9.47 Å². The molecule has 1 unspecified atom stereocenters. The Morgan fingerprint density at radius 1 is 1.20 bits per heavy atom. The number of rotatable bonds is 3. The SMILES string of the molecule is CC(=O)OC1(C)CC(C)(C)[NH+]=C(Cc2ccccc2)O1.[O-][Cl+3]([O-])([O-])[O-]. The Balaban J connectivity index is 0.000000550. The molecule has 9 heteroatoms. The van der Waals surface area contributed by atoms with Crippen LogP contribution in [0.3, 0.4) is 0 Å². The number of nitrogens with one attached hydrogen (secondary N) is 1. The molecule has 0 radical (unpaired) electrons. The second-order valence-electron chi connectivity index (χ2n) is 6.48. The molecule has 2 rings (SSSR count). The first-order valence-electron chi connectivity index (χ1n) is 7.46. The highest BCUT2D eigenvalue weighted by molar-refractivity contribution is 5.74. The molecule has 1 heterocycles. The molecule has 0 aromatic heterocycles.